The van der Waals surface area contributed by atoms with Crippen LogP contribution in [0.2, 0.25) is 0 Å². The average Bonchev–Trinajstić information content (AvgIpc) is 3.69. The molecule has 1 N–H and O–H groups in total. The van der Waals surface area contributed by atoms with Crippen molar-refractivity contribution in [3.8, 4) is 11.5 Å². The van der Waals surface area contributed by atoms with Crippen LogP contribution in [-0.2, 0) is 19.8 Å². The molecule has 0 aromatic heterocycles. The van der Waals surface area contributed by atoms with Gasteiger partial charge in [-0.05, 0) is 74.7 Å². The van der Waals surface area contributed by atoms with Crippen molar-refractivity contribution < 1.29 is 41.7 Å². The van der Waals surface area contributed by atoms with E-state index in [4.69, 9.17) is 14.2 Å². The van der Waals surface area contributed by atoms with Gasteiger partial charge in [-0.3, -0.25) is 9.69 Å². The van der Waals surface area contributed by atoms with E-state index in [2.05, 4.69) is 10.1 Å². The lowest BCUT2D eigenvalue weighted by atomic mass is 9.86. The van der Waals surface area contributed by atoms with Gasteiger partial charge in [-0.2, -0.15) is 0 Å². The smallest absolute Gasteiger partial charge is 0.492 e. The molecule has 0 atom stereocenters. The maximum Gasteiger partial charge on any atom is 0.573 e. The van der Waals surface area contributed by atoms with Crippen LogP contribution < -0.4 is 14.8 Å². The van der Waals surface area contributed by atoms with E-state index in [-0.39, 0.29) is 18.3 Å². The highest BCUT2D eigenvalue weighted by atomic mass is 19.4. The first-order valence-corrected chi connectivity index (χ1v) is 12.4. The molecule has 0 unspecified atom stereocenters. The number of carbonyl (C=O) groups excluding carboxylic acids is 2. The molecule has 1 aliphatic carbocycles. The highest BCUT2D eigenvalue weighted by molar-refractivity contribution is 5.89. The van der Waals surface area contributed by atoms with E-state index in [1.165, 1.54) is 31.4 Å². The highest BCUT2D eigenvalue weighted by Crippen LogP contribution is 2.46. The standard InChI is InChI=1S/C27H31F3N2O6/c1-32(15-18-37-21-7-9-22(10-8-21)38-27(28,29)30)26(13-16-36-17-14-26)24(34)31-25(11-12-25)20-5-3-19(4-6-20)23(33)35-2/h3-10H,11-18H2,1-2H3,(H,31,34). The maximum atomic E-state index is 13.8. The Morgan fingerprint density at radius 3 is 2.13 bits per heavy atom. The molecule has 0 spiro atoms. The van der Waals surface area contributed by atoms with Crippen LogP contribution in [0.5, 0.6) is 11.5 Å². The fraction of sp³-hybridized carbons (Fsp3) is 0.481. The molecule has 2 fully saturated rings. The first-order valence-electron chi connectivity index (χ1n) is 12.4. The monoisotopic (exact) mass is 536 g/mol. The number of hydrogen-bond acceptors (Lipinski definition) is 7. The maximum absolute atomic E-state index is 13.8. The van der Waals surface area contributed by atoms with Crippen LogP contribution in [0.1, 0.15) is 41.6 Å². The Bertz CT molecular complexity index is 1110. The van der Waals surface area contributed by atoms with Crippen molar-refractivity contribution in [1.82, 2.24) is 10.2 Å². The zero-order chi connectivity index (χ0) is 27.4. The summed E-state index contributed by atoms with van der Waals surface area (Å²) in [7, 11) is 3.19. The lowest BCUT2D eigenvalue weighted by Crippen LogP contribution is -2.62. The van der Waals surface area contributed by atoms with Gasteiger partial charge in [0.05, 0.1) is 18.2 Å². The summed E-state index contributed by atoms with van der Waals surface area (Å²) in [6.45, 7) is 1.53. The molecule has 1 aliphatic heterocycles. The summed E-state index contributed by atoms with van der Waals surface area (Å²) >= 11 is 0. The molecule has 38 heavy (non-hydrogen) atoms. The minimum Gasteiger partial charge on any atom is -0.492 e. The summed E-state index contributed by atoms with van der Waals surface area (Å²) < 4.78 is 57.0. The van der Waals surface area contributed by atoms with E-state index in [1.807, 2.05) is 24.1 Å². The molecular weight excluding hydrogens is 505 g/mol. The van der Waals surface area contributed by atoms with Gasteiger partial charge in [-0.15, -0.1) is 13.2 Å². The molecule has 4 rings (SSSR count). The van der Waals surface area contributed by atoms with E-state index in [0.717, 1.165) is 18.4 Å². The van der Waals surface area contributed by atoms with Gasteiger partial charge >= 0.3 is 12.3 Å². The Labute approximate surface area is 219 Å². The van der Waals surface area contributed by atoms with Crippen molar-refractivity contribution in [3.63, 3.8) is 0 Å². The van der Waals surface area contributed by atoms with E-state index in [1.54, 1.807) is 12.1 Å². The summed E-state index contributed by atoms with van der Waals surface area (Å²) in [5.74, 6) is -0.438. The van der Waals surface area contributed by atoms with Crippen LogP contribution in [0.4, 0.5) is 13.2 Å². The molecule has 0 radical (unpaired) electrons. The minimum atomic E-state index is -4.75. The molecule has 1 heterocycles. The topological polar surface area (TPSA) is 86.3 Å². The average molecular weight is 537 g/mol. The van der Waals surface area contributed by atoms with Gasteiger partial charge in [-0.1, -0.05) is 12.1 Å². The van der Waals surface area contributed by atoms with E-state index < -0.39 is 23.4 Å². The van der Waals surface area contributed by atoms with E-state index in [9.17, 15) is 22.8 Å². The van der Waals surface area contributed by atoms with Crippen molar-refractivity contribution in [1.29, 1.82) is 0 Å². The van der Waals surface area contributed by atoms with E-state index >= 15 is 0 Å². The number of esters is 1. The fourth-order valence-corrected chi connectivity index (χ4v) is 4.73. The number of alkyl halides is 3. The summed E-state index contributed by atoms with van der Waals surface area (Å²) in [6, 6.07) is 12.3. The van der Waals surface area contributed by atoms with Crippen molar-refractivity contribution in [2.75, 3.05) is 40.5 Å². The number of amides is 1. The first kappa shape index (κ1) is 27.7. The molecule has 0 bridgehead atoms. The Morgan fingerprint density at radius 1 is 0.974 bits per heavy atom. The second kappa shape index (κ2) is 11.2. The van der Waals surface area contributed by atoms with Crippen molar-refractivity contribution in [2.24, 2.45) is 0 Å². The number of carbonyl (C=O) groups is 2. The predicted octanol–water partition coefficient (Wildman–Crippen LogP) is 4.04. The lowest BCUT2D eigenvalue weighted by Gasteiger charge is -2.43. The molecule has 2 aromatic rings. The van der Waals surface area contributed by atoms with Crippen LogP contribution in [0, 0.1) is 0 Å². The van der Waals surface area contributed by atoms with Gasteiger partial charge in [0, 0.05) is 19.8 Å². The molecule has 8 nitrogen and oxygen atoms in total. The number of nitrogens with one attached hydrogen (secondary N) is 1. The third-order valence-corrected chi connectivity index (χ3v) is 7.19. The van der Waals surface area contributed by atoms with Crippen LogP contribution in [-0.4, -0.2) is 69.2 Å². The molecule has 11 heteroatoms. The number of rotatable bonds is 10. The Morgan fingerprint density at radius 2 is 1.58 bits per heavy atom. The van der Waals surface area contributed by atoms with Gasteiger partial charge in [0.25, 0.3) is 0 Å². The number of halogens is 3. The predicted molar refractivity (Wildman–Crippen MR) is 131 cm³/mol. The molecule has 1 amide bonds. The normalized spacial score (nSPS) is 17.9. The SMILES string of the molecule is COC(=O)c1ccc(C2(NC(=O)C3(N(C)CCOc4ccc(OC(F)(F)F)cc4)CCOCC3)CC2)cc1. The van der Waals surface area contributed by atoms with Crippen molar-refractivity contribution in [2.45, 2.75) is 43.1 Å². The molecular formula is C27H31F3N2O6. The summed E-state index contributed by atoms with van der Waals surface area (Å²) in [5, 5.41) is 3.27. The fourth-order valence-electron chi connectivity index (χ4n) is 4.73. The van der Waals surface area contributed by atoms with Crippen molar-refractivity contribution in [3.05, 3.63) is 59.7 Å². The van der Waals surface area contributed by atoms with E-state index in [0.29, 0.717) is 43.9 Å². The van der Waals surface area contributed by atoms with Crippen LogP contribution in [0.25, 0.3) is 0 Å². The zero-order valence-electron chi connectivity index (χ0n) is 21.3. The molecule has 2 aliphatic rings. The zero-order valence-corrected chi connectivity index (χ0v) is 21.3. The number of hydrogen-bond donors (Lipinski definition) is 1. The van der Waals surface area contributed by atoms with Gasteiger partial charge in [0.1, 0.15) is 23.6 Å². The molecule has 1 saturated heterocycles. The Hall–Kier alpha value is -3.31. The van der Waals surface area contributed by atoms with Crippen molar-refractivity contribution >= 4 is 11.9 Å². The minimum absolute atomic E-state index is 0.0912. The lowest BCUT2D eigenvalue weighted by molar-refractivity contribution is -0.274. The third-order valence-electron chi connectivity index (χ3n) is 7.19. The second-order valence-corrected chi connectivity index (χ2v) is 9.54. The Balaban J connectivity index is 1.38. The highest BCUT2D eigenvalue weighted by Gasteiger charge is 2.51. The summed E-state index contributed by atoms with van der Waals surface area (Å²) in [4.78, 5) is 27.5. The number of nitrogens with zero attached hydrogens (tertiary/aromatic N) is 1. The summed E-state index contributed by atoms with van der Waals surface area (Å²) in [5.41, 5.74) is 0.105. The summed E-state index contributed by atoms with van der Waals surface area (Å²) in [6.07, 6.45) is -2.14. The second-order valence-electron chi connectivity index (χ2n) is 9.54. The number of ether oxygens (including phenoxy) is 4. The largest absolute Gasteiger partial charge is 0.573 e. The quantitative estimate of drug-likeness (QED) is 0.459. The molecule has 2 aromatic carbocycles. The number of methoxy groups -OCH3 is 1. The van der Waals surface area contributed by atoms with Crippen LogP contribution in [0.3, 0.4) is 0 Å². The number of likely N-dealkylation sites (N-methyl/N-ethyl adjacent to an activating group) is 1. The third kappa shape index (κ3) is 6.39. The van der Waals surface area contributed by atoms with Gasteiger partial charge in [-0.25, -0.2) is 4.79 Å². The first-order chi connectivity index (χ1) is 18.1. The van der Waals surface area contributed by atoms with Crippen LogP contribution >= 0.6 is 0 Å². The molecule has 1 saturated carbocycles. The van der Waals surface area contributed by atoms with Gasteiger partial charge in [0.15, 0.2) is 0 Å². The van der Waals surface area contributed by atoms with Crippen LogP contribution in [0.15, 0.2) is 48.5 Å². The van der Waals surface area contributed by atoms with Gasteiger partial charge < -0.3 is 24.3 Å². The Kier molecular flexibility index (Phi) is 8.17. The molecule has 206 valence electrons. The van der Waals surface area contributed by atoms with Gasteiger partial charge in [0.2, 0.25) is 5.91 Å². The number of benzene rings is 2.